The molecule has 0 saturated heterocycles. The summed E-state index contributed by atoms with van der Waals surface area (Å²) in [5, 5.41) is 0.442. The lowest BCUT2D eigenvalue weighted by molar-refractivity contribution is -0.211. The second-order valence-corrected chi connectivity index (χ2v) is 6.63. The fourth-order valence-electron chi connectivity index (χ4n) is 2.48. The van der Waals surface area contributed by atoms with Gasteiger partial charge in [0.05, 0.1) is 24.4 Å². The van der Waals surface area contributed by atoms with Crippen LogP contribution in [0.5, 0.6) is 5.75 Å². The summed E-state index contributed by atoms with van der Waals surface area (Å²) in [6.45, 7) is 4.32. The van der Waals surface area contributed by atoms with Crippen LogP contribution in [0.4, 0.5) is 13.2 Å². The molecule has 24 heavy (non-hydrogen) atoms. The van der Waals surface area contributed by atoms with Crippen LogP contribution in [0.25, 0.3) is 5.69 Å². The molecule has 0 saturated carbocycles. The van der Waals surface area contributed by atoms with Gasteiger partial charge in [-0.1, -0.05) is 38.4 Å². The predicted molar refractivity (Wildman–Crippen MR) is 88.0 cm³/mol. The van der Waals surface area contributed by atoms with E-state index in [0.29, 0.717) is 28.6 Å². The lowest BCUT2D eigenvalue weighted by atomic mass is 9.84. The molecule has 0 aliphatic carbocycles. The number of aryl methyl sites for hydroxylation is 1. The molecular weight excluding hydrogens is 341 g/mol. The molecule has 1 heterocycles. The van der Waals surface area contributed by atoms with Crippen molar-refractivity contribution in [3.05, 3.63) is 40.9 Å². The molecule has 0 N–H and O–H groups in total. The highest BCUT2D eigenvalue weighted by Crippen LogP contribution is 2.42. The summed E-state index contributed by atoms with van der Waals surface area (Å²) >= 11 is 6.17. The molecule has 1 aromatic heterocycles. The zero-order valence-corrected chi connectivity index (χ0v) is 14.8. The zero-order chi connectivity index (χ0) is 18.1. The van der Waals surface area contributed by atoms with Crippen LogP contribution in [0.2, 0.25) is 5.15 Å². The molecule has 0 aliphatic rings. The lowest BCUT2D eigenvalue weighted by Crippen LogP contribution is -2.34. The molecule has 0 atom stereocenters. The molecule has 0 radical (unpaired) electrons. The number of halogens is 4. The average Bonchev–Trinajstić information content (AvgIpc) is 2.87. The molecule has 2 aromatic rings. The summed E-state index contributed by atoms with van der Waals surface area (Å²) in [6.07, 6.45) is -2.23. The maximum Gasteiger partial charge on any atom is 0.394 e. The van der Waals surface area contributed by atoms with Crippen molar-refractivity contribution in [2.45, 2.75) is 39.8 Å². The summed E-state index contributed by atoms with van der Waals surface area (Å²) in [6, 6.07) is 5.07. The van der Waals surface area contributed by atoms with Crippen molar-refractivity contribution in [3.63, 3.8) is 0 Å². The van der Waals surface area contributed by atoms with E-state index in [1.54, 1.807) is 29.0 Å². The number of hydrogen-bond acceptors (Lipinski definition) is 2. The van der Waals surface area contributed by atoms with E-state index in [1.807, 2.05) is 6.92 Å². The summed E-state index contributed by atoms with van der Waals surface area (Å²) < 4.78 is 46.5. The van der Waals surface area contributed by atoms with E-state index in [0.717, 1.165) is 5.82 Å². The minimum atomic E-state index is -4.29. The fourth-order valence-corrected chi connectivity index (χ4v) is 2.73. The molecule has 0 bridgehead atoms. The van der Waals surface area contributed by atoms with Crippen LogP contribution in [-0.4, -0.2) is 22.8 Å². The van der Waals surface area contributed by atoms with Crippen LogP contribution in [0.15, 0.2) is 24.4 Å². The van der Waals surface area contributed by atoms with Gasteiger partial charge in [-0.2, -0.15) is 13.2 Å². The summed E-state index contributed by atoms with van der Waals surface area (Å²) in [5.74, 6) is 1.17. The van der Waals surface area contributed by atoms with Crippen molar-refractivity contribution in [3.8, 4) is 11.4 Å². The van der Waals surface area contributed by atoms with Crippen molar-refractivity contribution in [2.75, 3.05) is 7.11 Å². The SMILES string of the molecule is CCc1ncc(Cl)n1-c1ccc(CC(C)(C)C(F)(F)F)c(OC)c1. The van der Waals surface area contributed by atoms with Crippen LogP contribution in [0, 0.1) is 5.41 Å². The van der Waals surface area contributed by atoms with Crippen LogP contribution in [0.1, 0.15) is 32.2 Å². The first-order chi connectivity index (χ1) is 11.1. The molecule has 2 rings (SSSR count). The summed E-state index contributed by atoms with van der Waals surface area (Å²) in [5.41, 5.74) is -0.638. The van der Waals surface area contributed by atoms with Gasteiger partial charge in [-0.05, 0) is 18.1 Å². The maximum absolute atomic E-state index is 13.1. The predicted octanol–water partition coefficient (Wildman–Crippen LogP) is 5.23. The molecule has 0 fully saturated rings. The fraction of sp³-hybridized carbons (Fsp3) is 0.471. The van der Waals surface area contributed by atoms with Crippen LogP contribution >= 0.6 is 11.6 Å². The maximum atomic E-state index is 13.1. The number of aromatic nitrogens is 2. The molecule has 0 aliphatic heterocycles. The van der Waals surface area contributed by atoms with Crippen LogP contribution in [-0.2, 0) is 12.8 Å². The third-order valence-electron chi connectivity index (χ3n) is 4.04. The highest BCUT2D eigenvalue weighted by atomic mass is 35.5. The zero-order valence-electron chi connectivity index (χ0n) is 14.0. The third-order valence-corrected chi connectivity index (χ3v) is 4.30. The Balaban J connectivity index is 2.44. The lowest BCUT2D eigenvalue weighted by Gasteiger charge is -2.28. The van der Waals surface area contributed by atoms with Gasteiger partial charge in [0.2, 0.25) is 0 Å². The summed E-state index contributed by atoms with van der Waals surface area (Å²) in [7, 11) is 1.44. The van der Waals surface area contributed by atoms with Gasteiger partial charge in [0.15, 0.2) is 0 Å². The van der Waals surface area contributed by atoms with Gasteiger partial charge < -0.3 is 4.74 Å². The molecule has 1 aromatic carbocycles. The number of nitrogens with zero attached hydrogens (tertiary/aromatic N) is 2. The molecule has 3 nitrogen and oxygen atoms in total. The number of alkyl halides is 3. The molecular formula is C17H20ClF3N2O. The van der Waals surface area contributed by atoms with Gasteiger partial charge in [-0.15, -0.1) is 0 Å². The van der Waals surface area contributed by atoms with Gasteiger partial charge in [-0.25, -0.2) is 4.98 Å². The van der Waals surface area contributed by atoms with E-state index in [-0.39, 0.29) is 6.42 Å². The van der Waals surface area contributed by atoms with E-state index < -0.39 is 11.6 Å². The Morgan fingerprint density at radius 3 is 2.46 bits per heavy atom. The second-order valence-electron chi connectivity index (χ2n) is 6.24. The van der Waals surface area contributed by atoms with Gasteiger partial charge in [0, 0.05) is 12.5 Å². The van der Waals surface area contributed by atoms with Crippen molar-refractivity contribution in [2.24, 2.45) is 5.41 Å². The van der Waals surface area contributed by atoms with Crippen molar-refractivity contribution < 1.29 is 17.9 Å². The van der Waals surface area contributed by atoms with Crippen LogP contribution < -0.4 is 4.74 Å². The van der Waals surface area contributed by atoms with E-state index in [1.165, 1.54) is 21.0 Å². The van der Waals surface area contributed by atoms with Crippen LogP contribution in [0.3, 0.4) is 0 Å². The second kappa shape index (κ2) is 6.67. The summed E-state index contributed by atoms with van der Waals surface area (Å²) in [4.78, 5) is 4.22. The minimum absolute atomic E-state index is 0.168. The molecule has 0 amide bonds. The van der Waals surface area contributed by atoms with Crippen molar-refractivity contribution in [1.82, 2.24) is 9.55 Å². The first-order valence-electron chi connectivity index (χ1n) is 7.57. The number of methoxy groups -OCH3 is 1. The number of rotatable bonds is 5. The first-order valence-corrected chi connectivity index (χ1v) is 7.94. The van der Waals surface area contributed by atoms with Gasteiger partial charge in [-0.3, -0.25) is 4.57 Å². The Bertz CT molecular complexity index is 723. The van der Waals surface area contributed by atoms with Crippen molar-refractivity contribution >= 4 is 11.6 Å². The largest absolute Gasteiger partial charge is 0.496 e. The van der Waals surface area contributed by atoms with E-state index in [9.17, 15) is 13.2 Å². The van der Waals surface area contributed by atoms with Gasteiger partial charge >= 0.3 is 6.18 Å². The third kappa shape index (κ3) is 3.53. The van der Waals surface area contributed by atoms with Gasteiger partial charge in [0.1, 0.15) is 16.7 Å². The monoisotopic (exact) mass is 360 g/mol. The molecule has 0 unspecified atom stereocenters. The molecule has 7 heteroatoms. The topological polar surface area (TPSA) is 27.1 Å². The van der Waals surface area contributed by atoms with E-state index >= 15 is 0 Å². The molecule has 132 valence electrons. The Labute approximate surface area is 144 Å². The Hall–Kier alpha value is -1.69. The quantitative estimate of drug-likeness (QED) is 0.730. The number of imidazole rings is 1. The van der Waals surface area contributed by atoms with E-state index in [4.69, 9.17) is 16.3 Å². The van der Waals surface area contributed by atoms with E-state index in [2.05, 4.69) is 4.98 Å². The highest BCUT2D eigenvalue weighted by Gasteiger charge is 2.47. The van der Waals surface area contributed by atoms with Crippen molar-refractivity contribution in [1.29, 1.82) is 0 Å². The average molecular weight is 361 g/mol. The van der Waals surface area contributed by atoms with Gasteiger partial charge in [0.25, 0.3) is 0 Å². The minimum Gasteiger partial charge on any atom is -0.496 e. The number of hydrogen-bond donors (Lipinski definition) is 0. The standard InChI is InChI=1S/C17H20ClF3N2O/c1-5-15-22-10-14(18)23(15)12-7-6-11(13(8-12)24-4)9-16(2,3)17(19,20)21/h6-8,10H,5,9H2,1-4H3. The Morgan fingerprint density at radius 1 is 1.25 bits per heavy atom. The first kappa shape index (κ1) is 18.6. The number of ether oxygens (including phenoxy) is 1. The Kier molecular flexibility index (Phi) is 5.18. The smallest absolute Gasteiger partial charge is 0.394 e. The number of benzene rings is 1. The highest BCUT2D eigenvalue weighted by molar-refractivity contribution is 6.29. The Morgan fingerprint density at radius 2 is 1.92 bits per heavy atom. The molecule has 0 spiro atoms. The normalized spacial score (nSPS) is 12.5.